The lowest BCUT2D eigenvalue weighted by molar-refractivity contribution is 0.362. The van der Waals surface area contributed by atoms with E-state index < -0.39 is 0 Å². The van der Waals surface area contributed by atoms with Gasteiger partial charge in [0.1, 0.15) is 6.61 Å². The van der Waals surface area contributed by atoms with Crippen molar-refractivity contribution < 1.29 is 4.74 Å². The Hall–Kier alpha value is -1.80. The fraction of sp³-hybridized carbons (Fsp3) is 0.0714. The predicted octanol–water partition coefficient (Wildman–Crippen LogP) is 3.83. The number of pyridine rings is 1. The van der Waals surface area contributed by atoms with Gasteiger partial charge in [-0.3, -0.25) is 0 Å². The van der Waals surface area contributed by atoms with E-state index in [9.17, 15) is 0 Å². The van der Waals surface area contributed by atoms with Crippen LogP contribution < -0.4 is 4.74 Å². The van der Waals surface area contributed by atoms with Crippen LogP contribution in [0.2, 0.25) is 5.15 Å². The SMILES string of the molecule is Clc1ncccc1OCC=Cc1ccccc1. The molecule has 0 radical (unpaired) electrons. The third-order valence-electron chi connectivity index (χ3n) is 2.17. The van der Waals surface area contributed by atoms with Crippen molar-refractivity contribution in [2.75, 3.05) is 6.61 Å². The second kappa shape index (κ2) is 6.06. The summed E-state index contributed by atoms with van der Waals surface area (Å²) in [5.41, 5.74) is 1.15. The number of aromatic nitrogens is 1. The molecule has 2 rings (SSSR count). The minimum Gasteiger partial charge on any atom is -0.486 e. The summed E-state index contributed by atoms with van der Waals surface area (Å²) in [6.07, 6.45) is 5.58. The molecule has 0 fully saturated rings. The van der Waals surface area contributed by atoms with E-state index in [1.165, 1.54) is 0 Å². The zero-order valence-electron chi connectivity index (χ0n) is 9.21. The number of rotatable bonds is 4. The Morgan fingerprint density at radius 2 is 1.94 bits per heavy atom. The van der Waals surface area contributed by atoms with E-state index in [0.717, 1.165) is 5.56 Å². The van der Waals surface area contributed by atoms with Gasteiger partial charge < -0.3 is 4.74 Å². The Balaban J connectivity index is 1.88. The molecule has 0 aliphatic heterocycles. The Morgan fingerprint density at radius 1 is 1.12 bits per heavy atom. The first kappa shape index (κ1) is 11.7. The van der Waals surface area contributed by atoms with Crippen molar-refractivity contribution in [2.45, 2.75) is 0 Å². The van der Waals surface area contributed by atoms with E-state index in [-0.39, 0.29) is 0 Å². The lowest BCUT2D eigenvalue weighted by Crippen LogP contribution is -1.94. The summed E-state index contributed by atoms with van der Waals surface area (Å²) in [5, 5.41) is 0.389. The molecule has 0 aliphatic rings. The molecule has 0 atom stereocenters. The number of hydrogen-bond acceptors (Lipinski definition) is 2. The highest BCUT2D eigenvalue weighted by Crippen LogP contribution is 2.20. The van der Waals surface area contributed by atoms with Crippen molar-refractivity contribution in [3.8, 4) is 5.75 Å². The Labute approximate surface area is 106 Å². The van der Waals surface area contributed by atoms with Crippen LogP contribution in [0.25, 0.3) is 6.08 Å². The van der Waals surface area contributed by atoms with Gasteiger partial charge in [-0.05, 0) is 23.8 Å². The number of halogens is 1. The van der Waals surface area contributed by atoms with Crippen LogP contribution in [0.1, 0.15) is 5.56 Å². The first-order valence-corrected chi connectivity index (χ1v) is 5.69. The van der Waals surface area contributed by atoms with E-state index in [2.05, 4.69) is 4.98 Å². The molecule has 2 aromatic rings. The van der Waals surface area contributed by atoms with Gasteiger partial charge in [0.05, 0.1) is 0 Å². The normalized spacial score (nSPS) is 10.6. The molecule has 0 saturated heterocycles. The van der Waals surface area contributed by atoms with Crippen molar-refractivity contribution in [3.05, 3.63) is 65.5 Å². The molecule has 0 unspecified atom stereocenters. The predicted molar refractivity (Wildman–Crippen MR) is 70.2 cm³/mol. The molecule has 0 bridgehead atoms. The fourth-order valence-electron chi connectivity index (χ4n) is 1.37. The van der Waals surface area contributed by atoms with Gasteiger partial charge in [-0.25, -0.2) is 4.98 Å². The van der Waals surface area contributed by atoms with Crippen molar-refractivity contribution in [3.63, 3.8) is 0 Å². The number of hydrogen-bond donors (Lipinski definition) is 0. The summed E-state index contributed by atoms with van der Waals surface area (Å²) in [4.78, 5) is 3.93. The molecular weight excluding hydrogens is 234 g/mol. The molecule has 1 aromatic carbocycles. The van der Waals surface area contributed by atoms with Crippen LogP contribution in [-0.4, -0.2) is 11.6 Å². The summed E-state index contributed by atoms with van der Waals surface area (Å²) in [7, 11) is 0. The van der Waals surface area contributed by atoms with Crippen molar-refractivity contribution in [2.24, 2.45) is 0 Å². The Kier molecular flexibility index (Phi) is 4.17. The molecule has 17 heavy (non-hydrogen) atoms. The number of benzene rings is 1. The van der Waals surface area contributed by atoms with Gasteiger partial charge >= 0.3 is 0 Å². The summed E-state index contributed by atoms with van der Waals surface area (Å²) in [5.74, 6) is 0.604. The Bertz CT molecular complexity index is 497. The quantitative estimate of drug-likeness (QED) is 0.764. The zero-order chi connectivity index (χ0) is 11.9. The minimum atomic E-state index is 0.389. The molecule has 0 amide bonds. The maximum absolute atomic E-state index is 5.86. The summed E-state index contributed by atoms with van der Waals surface area (Å²) in [6.45, 7) is 0.473. The van der Waals surface area contributed by atoms with Gasteiger partial charge in [0.15, 0.2) is 10.9 Å². The lowest BCUT2D eigenvalue weighted by atomic mass is 10.2. The highest BCUT2D eigenvalue weighted by atomic mass is 35.5. The largest absolute Gasteiger partial charge is 0.486 e. The zero-order valence-corrected chi connectivity index (χ0v) is 9.97. The summed E-state index contributed by atoms with van der Waals surface area (Å²) in [6, 6.07) is 13.6. The minimum absolute atomic E-state index is 0.389. The van der Waals surface area contributed by atoms with Crippen molar-refractivity contribution in [1.82, 2.24) is 4.98 Å². The lowest BCUT2D eigenvalue weighted by Gasteiger charge is -2.03. The average Bonchev–Trinajstić information content (AvgIpc) is 2.38. The first-order valence-electron chi connectivity index (χ1n) is 5.31. The molecule has 0 aliphatic carbocycles. The molecule has 0 N–H and O–H groups in total. The molecule has 86 valence electrons. The highest BCUT2D eigenvalue weighted by molar-refractivity contribution is 6.30. The van der Waals surface area contributed by atoms with Crippen LogP contribution in [0, 0.1) is 0 Å². The monoisotopic (exact) mass is 245 g/mol. The maximum atomic E-state index is 5.86. The van der Waals surface area contributed by atoms with Crippen LogP contribution in [0.4, 0.5) is 0 Å². The van der Waals surface area contributed by atoms with Crippen molar-refractivity contribution >= 4 is 17.7 Å². The van der Waals surface area contributed by atoms with Crippen LogP contribution >= 0.6 is 11.6 Å². The first-order chi connectivity index (χ1) is 8.36. The third kappa shape index (κ3) is 3.61. The van der Waals surface area contributed by atoms with Gasteiger partial charge in [-0.2, -0.15) is 0 Å². The Morgan fingerprint density at radius 3 is 2.71 bits per heavy atom. The maximum Gasteiger partial charge on any atom is 0.171 e. The van der Waals surface area contributed by atoms with Crippen LogP contribution in [-0.2, 0) is 0 Å². The van der Waals surface area contributed by atoms with Crippen LogP contribution in [0.15, 0.2) is 54.7 Å². The van der Waals surface area contributed by atoms with Crippen LogP contribution in [0.5, 0.6) is 5.75 Å². The smallest absolute Gasteiger partial charge is 0.171 e. The number of nitrogens with zero attached hydrogens (tertiary/aromatic N) is 1. The standard InChI is InChI=1S/C14H12ClNO/c15-14-13(9-4-10-16-14)17-11-5-8-12-6-2-1-3-7-12/h1-10H,11H2. The van der Waals surface area contributed by atoms with E-state index in [4.69, 9.17) is 16.3 Å². The molecule has 3 heteroatoms. The van der Waals surface area contributed by atoms with Crippen molar-refractivity contribution in [1.29, 1.82) is 0 Å². The van der Waals surface area contributed by atoms with Gasteiger partial charge in [-0.1, -0.05) is 48.0 Å². The molecule has 0 spiro atoms. The van der Waals surface area contributed by atoms with E-state index >= 15 is 0 Å². The summed E-state index contributed by atoms with van der Waals surface area (Å²) < 4.78 is 5.48. The average molecular weight is 246 g/mol. The topological polar surface area (TPSA) is 22.1 Å². The fourth-order valence-corrected chi connectivity index (χ4v) is 1.54. The number of ether oxygens (including phenoxy) is 1. The highest BCUT2D eigenvalue weighted by Gasteiger charge is 1.98. The van der Waals surface area contributed by atoms with E-state index in [0.29, 0.717) is 17.5 Å². The molecule has 1 heterocycles. The second-order valence-corrected chi connectivity index (χ2v) is 3.77. The van der Waals surface area contributed by atoms with E-state index in [1.54, 1.807) is 18.3 Å². The molecule has 0 saturated carbocycles. The summed E-state index contributed by atoms with van der Waals surface area (Å²) >= 11 is 5.86. The van der Waals surface area contributed by atoms with Crippen LogP contribution in [0.3, 0.4) is 0 Å². The molecule has 2 nitrogen and oxygen atoms in total. The van der Waals surface area contributed by atoms with Gasteiger partial charge in [0.2, 0.25) is 0 Å². The molecular formula is C14H12ClNO. The second-order valence-electron chi connectivity index (χ2n) is 3.42. The van der Waals surface area contributed by atoms with Gasteiger partial charge in [-0.15, -0.1) is 0 Å². The third-order valence-corrected chi connectivity index (χ3v) is 2.45. The van der Waals surface area contributed by atoms with Gasteiger partial charge in [0, 0.05) is 6.20 Å². The van der Waals surface area contributed by atoms with Gasteiger partial charge in [0.25, 0.3) is 0 Å². The molecule has 1 aromatic heterocycles. The van der Waals surface area contributed by atoms with E-state index in [1.807, 2.05) is 42.5 Å².